The number of hydrogen-bond acceptors (Lipinski definition) is 6. The van der Waals surface area contributed by atoms with Gasteiger partial charge in [-0.3, -0.25) is 10.6 Å². The third-order valence-corrected chi connectivity index (χ3v) is 4.85. The lowest BCUT2D eigenvalue weighted by Crippen LogP contribution is -2.25. The quantitative estimate of drug-likeness (QED) is 0.436. The van der Waals surface area contributed by atoms with Crippen LogP contribution >= 0.6 is 0 Å². The molecule has 0 aliphatic heterocycles. The van der Waals surface area contributed by atoms with Crippen LogP contribution in [0.2, 0.25) is 0 Å². The summed E-state index contributed by atoms with van der Waals surface area (Å²) in [5.41, 5.74) is 1.09. The topological polar surface area (TPSA) is 83.1 Å². The minimum Gasteiger partial charge on any atom is -0.449 e. The van der Waals surface area contributed by atoms with E-state index in [4.69, 9.17) is 9.47 Å². The first-order chi connectivity index (χ1) is 14.5. The molecule has 0 aliphatic carbocycles. The Morgan fingerprint density at radius 1 is 0.767 bits per heavy atom. The fourth-order valence-corrected chi connectivity index (χ4v) is 2.97. The van der Waals surface area contributed by atoms with E-state index < -0.39 is 12.2 Å². The molecule has 0 saturated heterocycles. The van der Waals surface area contributed by atoms with Gasteiger partial charge < -0.3 is 19.3 Å². The Morgan fingerprint density at radius 3 is 1.53 bits per heavy atom. The molecule has 0 heterocycles. The second kappa shape index (κ2) is 15.5. The third-order valence-electron chi connectivity index (χ3n) is 4.85. The molecule has 0 bridgehead atoms. The van der Waals surface area contributed by atoms with E-state index in [1.54, 1.807) is 24.3 Å². The molecule has 1 rings (SSSR count). The molecule has 0 saturated carbocycles. The monoisotopic (exact) mass is 422 g/mol. The molecule has 0 spiro atoms. The van der Waals surface area contributed by atoms with Crippen LogP contribution in [-0.4, -0.2) is 74.5 Å². The molecule has 0 radical (unpaired) electrons. The van der Waals surface area contributed by atoms with Gasteiger partial charge in [0.05, 0.1) is 13.2 Å². The number of nitrogens with zero attached hydrogens (tertiary/aromatic N) is 2. The third kappa shape index (κ3) is 11.0. The van der Waals surface area contributed by atoms with Crippen LogP contribution in [0.1, 0.15) is 40.5 Å². The molecule has 0 unspecified atom stereocenters. The molecule has 8 nitrogen and oxygen atoms in total. The summed E-state index contributed by atoms with van der Waals surface area (Å²) in [4.78, 5) is 28.4. The van der Waals surface area contributed by atoms with Crippen molar-refractivity contribution in [3.63, 3.8) is 0 Å². The smallest absolute Gasteiger partial charge is 0.411 e. The lowest BCUT2D eigenvalue weighted by atomic mass is 10.3. The molecular formula is C22H38N4O4. The predicted octanol–water partition coefficient (Wildman–Crippen LogP) is 4.25. The Bertz CT molecular complexity index is 570. The zero-order chi connectivity index (χ0) is 22.2. The maximum atomic E-state index is 11.9. The molecule has 0 fully saturated rings. The summed E-state index contributed by atoms with van der Waals surface area (Å²) < 4.78 is 10.4. The SMILES string of the molecule is CCN(CC)CCCOC(=O)Nc1cccc(NC(=O)OCCCN(CC)CC)c1. The molecule has 30 heavy (non-hydrogen) atoms. The summed E-state index contributed by atoms with van der Waals surface area (Å²) in [7, 11) is 0. The van der Waals surface area contributed by atoms with E-state index in [9.17, 15) is 9.59 Å². The summed E-state index contributed by atoms with van der Waals surface area (Å²) >= 11 is 0. The van der Waals surface area contributed by atoms with Gasteiger partial charge in [0.1, 0.15) is 0 Å². The van der Waals surface area contributed by atoms with Crippen molar-refractivity contribution >= 4 is 23.6 Å². The van der Waals surface area contributed by atoms with Crippen LogP contribution in [0.5, 0.6) is 0 Å². The summed E-state index contributed by atoms with van der Waals surface area (Å²) in [5.74, 6) is 0. The van der Waals surface area contributed by atoms with Gasteiger partial charge in [-0.05, 0) is 57.2 Å². The number of carbonyl (C=O) groups is 2. The second-order valence-corrected chi connectivity index (χ2v) is 6.86. The summed E-state index contributed by atoms with van der Waals surface area (Å²) in [6, 6.07) is 6.87. The van der Waals surface area contributed by atoms with Gasteiger partial charge in [0.2, 0.25) is 0 Å². The number of ether oxygens (including phenoxy) is 2. The van der Waals surface area contributed by atoms with Crippen molar-refractivity contribution in [1.82, 2.24) is 9.80 Å². The Kier molecular flexibility index (Phi) is 13.3. The van der Waals surface area contributed by atoms with Gasteiger partial charge in [-0.15, -0.1) is 0 Å². The van der Waals surface area contributed by atoms with Crippen LogP contribution in [0.25, 0.3) is 0 Å². The minimum absolute atomic E-state index is 0.361. The van der Waals surface area contributed by atoms with Crippen molar-refractivity contribution in [3.05, 3.63) is 24.3 Å². The average molecular weight is 423 g/mol. The van der Waals surface area contributed by atoms with E-state index in [1.165, 1.54) is 0 Å². The molecule has 0 aliphatic rings. The van der Waals surface area contributed by atoms with Crippen molar-refractivity contribution in [3.8, 4) is 0 Å². The average Bonchev–Trinajstić information content (AvgIpc) is 2.74. The maximum Gasteiger partial charge on any atom is 0.411 e. The van der Waals surface area contributed by atoms with E-state index >= 15 is 0 Å². The maximum absolute atomic E-state index is 11.9. The highest BCUT2D eigenvalue weighted by Gasteiger charge is 2.08. The van der Waals surface area contributed by atoms with Crippen molar-refractivity contribution in [1.29, 1.82) is 0 Å². The van der Waals surface area contributed by atoms with Crippen LogP contribution in [0, 0.1) is 0 Å². The zero-order valence-electron chi connectivity index (χ0n) is 18.9. The van der Waals surface area contributed by atoms with E-state index in [1.807, 2.05) is 0 Å². The molecule has 0 atom stereocenters. The Hall–Kier alpha value is -2.32. The van der Waals surface area contributed by atoms with E-state index in [2.05, 4.69) is 48.1 Å². The Morgan fingerprint density at radius 2 is 1.17 bits per heavy atom. The molecule has 1 aromatic rings. The van der Waals surface area contributed by atoms with Crippen molar-refractivity contribution in [2.24, 2.45) is 0 Å². The number of nitrogens with one attached hydrogen (secondary N) is 2. The van der Waals surface area contributed by atoms with Crippen LogP contribution in [0.3, 0.4) is 0 Å². The van der Waals surface area contributed by atoms with Crippen molar-refractivity contribution < 1.29 is 19.1 Å². The normalized spacial score (nSPS) is 10.9. The second-order valence-electron chi connectivity index (χ2n) is 6.86. The number of anilines is 2. The van der Waals surface area contributed by atoms with Crippen LogP contribution < -0.4 is 10.6 Å². The number of hydrogen-bond donors (Lipinski definition) is 2. The summed E-state index contributed by atoms with van der Waals surface area (Å²) in [6.07, 6.45) is 0.560. The molecule has 0 aromatic heterocycles. The lowest BCUT2D eigenvalue weighted by molar-refractivity contribution is 0.152. The van der Waals surface area contributed by atoms with Gasteiger partial charge in [-0.1, -0.05) is 33.8 Å². The lowest BCUT2D eigenvalue weighted by Gasteiger charge is -2.17. The van der Waals surface area contributed by atoms with Crippen LogP contribution in [-0.2, 0) is 9.47 Å². The highest BCUT2D eigenvalue weighted by atomic mass is 16.6. The van der Waals surface area contributed by atoms with Gasteiger partial charge in [-0.2, -0.15) is 0 Å². The van der Waals surface area contributed by atoms with Crippen molar-refractivity contribution in [2.75, 3.05) is 63.1 Å². The number of rotatable bonds is 14. The minimum atomic E-state index is -0.509. The van der Waals surface area contributed by atoms with Crippen LogP contribution in [0.4, 0.5) is 21.0 Å². The first kappa shape index (κ1) is 25.7. The van der Waals surface area contributed by atoms with E-state index in [0.29, 0.717) is 24.6 Å². The van der Waals surface area contributed by atoms with E-state index in [-0.39, 0.29) is 0 Å². The largest absolute Gasteiger partial charge is 0.449 e. The van der Waals surface area contributed by atoms with Gasteiger partial charge in [0.25, 0.3) is 0 Å². The first-order valence-electron chi connectivity index (χ1n) is 10.9. The van der Waals surface area contributed by atoms with Gasteiger partial charge in [-0.25, -0.2) is 9.59 Å². The Labute approximate surface area is 180 Å². The highest BCUT2D eigenvalue weighted by Crippen LogP contribution is 2.15. The molecule has 2 N–H and O–H groups in total. The predicted molar refractivity (Wildman–Crippen MR) is 121 cm³/mol. The standard InChI is InChI=1S/C22H38N4O4/c1-5-25(6-2)14-10-16-29-21(27)23-19-12-9-13-20(18-19)24-22(28)30-17-11-15-26(7-3)8-4/h9,12-13,18H,5-8,10-11,14-17H2,1-4H3,(H,23,27)(H,24,28). The fraction of sp³-hybridized carbons (Fsp3) is 0.636. The number of carbonyl (C=O) groups excluding carboxylic acids is 2. The first-order valence-corrected chi connectivity index (χ1v) is 10.9. The van der Waals surface area contributed by atoms with Gasteiger partial charge in [0, 0.05) is 24.5 Å². The van der Waals surface area contributed by atoms with Gasteiger partial charge in [0.15, 0.2) is 0 Å². The molecule has 2 amide bonds. The van der Waals surface area contributed by atoms with E-state index in [0.717, 1.165) is 52.1 Å². The molecule has 8 heteroatoms. The molecular weight excluding hydrogens is 384 g/mol. The fourth-order valence-electron chi connectivity index (χ4n) is 2.97. The number of amides is 2. The summed E-state index contributed by atoms with van der Waals surface area (Å²) in [6.45, 7) is 14.9. The molecule has 170 valence electrons. The zero-order valence-corrected chi connectivity index (χ0v) is 18.9. The number of benzene rings is 1. The van der Waals surface area contributed by atoms with Gasteiger partial charge >= 0.3 is 12.2 Å². The van der Waals surface area contributed by atoms with Crippen LogP contribution in [0.15, 0.2) is 24.3 Å². The highest BCUT2D eigenvalue weighted by molar-refractivity contribution is 5.88. The Balaban J connectivity index is 2.32. The molecule has 1 aromatic carbocycles. The van der Waals surface area contributed by atoms with Crippen molar-refractivity contribution in [2.45, 2.75) is 40.5 Å². The summed E-state index contributed by atoms with van der Waals surface area (Å²) in [5, 5.41) is 5.35.